The third-order valence-electron chi connectivity index (χ3n) is 4.37. The number of nitrogens with zero attached hydrogens (tertiary/aromatic N) is 2. The summed E-state index contributed by atoms with van der Waals surface area (Å²) in [5, 5.41) is 4.81. The van der Waals surface area contributed by atoms with Crippen molar-refractivity contribution in [2.45, 2.75) is 19.9 Å². The van der Waals surface area contributed by atoms with E-state index >= 15 is 0 Å². The van der Waals surface area contributed by atoms with Crippen LogP contribution in [-0.2, 0) is 6.54 Å². The SMILES string of the molecule is CCN1CCC(CNCc2ccc(Br)c3cccnc23)C1. The molecule has 3 rings (SSSR count). The number of rotatable bonds is 5. The standard InChI is InChI=1S/C17H22BrN3/c1-2-21-9-7-13(12-21)10-19-11-14-5-6-16(18)15-4-3-8-20-17(14)15/h3-6,8,13,19H,2,7,9-12H2,1H3. The van der Waals surface area contributed by atoms with E-state index in [9.17, 15) is 0 Å². The van der Waals surface area contributed by atoms with Crippen LogP contribution in [0.2, 0.25) is 0 Å². The zero-order valence-corrected chi connectivity index (χ0v) is 14.1. The van der Waals surface area contributed by atoms with Crippen LogP contribution in [0.5, 0.6) is 0 Å². The number of aromatic nitrogens is 1. The van der Waals surface area contributed by atoms with Gasteiger partial charge in [0.25, 0.3) is 0 Å². The Morgan fingerprint density at radius 1 is 1.38 bits per heavy atom. The molecule has 0 radical (unpaired) electrons. The zero-order valence-electron chi connectivity index (χ0n) is 12.5. The smallest absolute Gasteiger partial charge is 0.0758 e. The Morgan fingerprint density at radius 2 is 2.29 bits per heavy atom. The van der Waals surface area contributed by atoms with Gasteiger partial charge in [-0.3, -0.25) is 4.98 Å². The number of benzene rings is 1. The van der Waals surface area contributed by atoms with Crippen LogP contribution in [0.4, 0.5) is 0 Å². The van der Waals surface area contributed by atoms with Crippen molar-refractivity contribution in [3.63, 3.8) is 0 Å². The molecular weight excluding hydrogens is 326 g/mol. The average Bonchev–Trinajstić information content (AvgIpc) is 2.98. The van der Waals surface area contributed by atoms with Crippen LogP contribution >= 0.6 is 15.9 Å². The summed E-state index contributed by atoms with van der Waals surface area (Å²) in [6.07, 6.45) is 3.19. The number of hydrogen-bond donors (Lipinski definition) is 1. The lowest BCUT2D eigenvalue weighted by atomic mass is 10.1. The summed E-state index contributed by atoms with van der Waals surface area (Å²) in [4.78, 5) is 7.07. The largest absolute Gasteiger partial charge is 0.312 e. The second kappa shape index (κ2) is 6.86. The van der Waals surface area contributed by atoms with Gasteiger partial charge in [0.1, 0.15) is 0 Å². The van der Waals surface area contributed by atoms with Crippen LogP contribution in [0.25, 0.3) is 10.9 Å². The molecule has 2 heterocycles. The van der Waals surface area contributed by atoms with E-state index in [1.807, 2.05) is 12.3 Å². The van der Waals surface area contributed by atoms with E-state index in [2.05, 4.69) is 56.3 Å². The molecule has 3 nitrogen and oxygen atoms in total. The lowest BCUT2D eigenvalue weighted by molar-refractivity contribution is 0.339. The maximum atomic E-state index is 4.54. The minimum Gasteiger partial charge on any atom is -0.312 e. The number of halogens is 1. The maximum absolute atomic E-state index is 4.54. The Morgan fingerprint density at radius 3 is 3.10 bits per heavy atom. The fourth-order valence-corrected chi connectivity index (χ4v) is 3.57. The second-order valence-corrected chi connectivity index (χ2v) is 6.64. The summed E-state index contributed by atoms with van der Waals surface area (Å²) in [7, 11) is 0. The molecule has 0 spiro atoms. The molecule has 1 aliphatic rings. The summed E-state index contributed by atoms with van der Waals surface area (Å²) < 4.78 is 1.11. The monoisotopic (exact) mass is 347 g/mol. The van der Waals surface area contributed by atoms with Crippen LogP contribution in [0, 0.1) is 5.92 Å². The van der Waals surface area contributed by atoms with Crippen molar-refractivity contribution in [2.75, 3.05) is 26.2 Å². The molecule has 1 fully saturated rings. The van der Waals surface area contributed by atoms with Gasteiger partial charge in [-0.15, -0.1) is 0 Å². The number of pyridine rings is 1. The first kappa shape index (κ1) is 14.9. The highest BCUT2D eigenvalue weighted by Gasteiger charge is 2.20. The van der Waals surface area contributed by atoms with Crippen LogP contribution in [0.15, 0.2) is 34.9 Å². The molecular formula is C17H22BrN3. The third-order valence-corrected chi connectivity index (χ3v) is 5.06. The highest BCUT2D eigenvalue weighted by Crippen LogP contribution is 2.25. The molecule has 4 heteroatoms. The predicted molar refractivity (Wildman–Crippen MR) is 91.4 cm³/mol. The van der Waals surface area contributed by atoms with Gasteiger partial charge in [-0.05, 0) is 49.7 Å². The van der Waals surface area contributed by atoms with E-state index in [4.69, 9.17) is 0 Å². The zero-order chi connectivity index (χ0) is 14.7. The van der Waals surface area contributed by atoms with E-state index in [1.54, 1.807) is 0 Å². The normalized spacial score (nSPS) is 19.4. The Kier molecular flexibility index (Phi) is 4.88. The van der Waals surface area contributed by atoms with E-state index in [0.717, 1.165) is 29.0 Å². The highest BCUT2D eigenvalue weighted by molar-refractivity contribution is 9.10. The van der Waals surface area contributed by atoms with Crippen molar-refractivity contribution < 1.29 is 0 Å². The molecule has 112 valence electrons. The maximum Gasteiger partial charge on any atom is 0.0758 e. The molecule has 0 saturated carbocycles. The molecule has 1 N–H and O–H groups in total. The minimum atomic E-state index is 0.791. The van der Waals surface area contributed by atoms with E-state index in [1.165, 1.54) is 37.0 Å². The molecule has 1 saturated heterocycles. The summed E-state index contributed by atoms with van der Waals surface area (Å²) in [5.74, 6) is 0.791. The van der Waals surface area contributed by atoms with E-state index in [-0.39, 0.29) is 0 Å². The molecule has 1 atom stereocenters. The van der Waals surface area contributed by atoms with Crippen LogP contribution in [0.3, 0.4) is 0 Å². The number of hydrogen-bond acceptors (Lipinski definition) is 3. The van der Waals surface area contributed by atoms with Crippen LogP contribution in [0.1, 0.15) is 18.9 Å². The summed E-state index contributed by atoms with van der Waals surface area (Å²) in [5.41, 5.74) is 2.38. The van der Waals surface area contributed by atoms with Gasteiger partial charge >= 0.3 is 0 Å². The molecule has 1 aliphatic heterocycles. The number of likely N-dealkylation sites (tertiary alicyclic amines) is 1. The lowest BCUT2D eigenvalue weighted by Gasteiger charge is -2.14. The Hall–Kier alpha value is -0.970. The van der Waals surface area contributed by atoms with Gasteiger partial charge in [-0.1, -0.05) is 35.0 Å². The molecule has 0 bridgehead atoms. The first-order valence-electron chi connectivity index (χ1n) is 7.73. The highest BCUT2D eigenvalue weighted by atomic mass is 79.9. The molecule has 2 aromatic rings. The molecule has 21 heavy (non-hydrogen) atoms. The fraction of sp³-hybridized carbons (Fsp3) is 0.471. The van der Waals surface area contributed by atoms with E-state index < -0.39 is 0 Å². The minimum absolute atomic E-state index is 0.791. The van der Waals surface area contributed by atoms with Crippen molar-refractivity contribution in [3.8, 4) is 0 Å². The molecule has 1 aromatic heterocycles. The molecule has 1 unspecified atom stereocenters. The van der Waals surface area contributed by atoms with Crippen molar-refractivity contribution in [2.24, 2.45) is 5.92 Å². The van der Waals surface area contributed by atoms with Gasteiger partial charge in [0, 0.05) is 29.1 Å². The Bertz CT molecular complexity index is 614. The summed E-state index contributed by atoms with van der Waals surface area (Å²) in [6.45, 7) is 7.91. The van der Waals surface area contributed by atoms with Crippen LogP contribution in [-0.4, -0.2) is 36.1 Å². The fourth-order valence-electron chi connectivity index (χ4n) is 3.12. The quantitative estimate of drug-likeness (QED) is 0.897. The van der Waals surface area contributed by atoms with Gasteiger partial charge in [0.15, 0.2) is 0 Å². The van der Waals surface area contributed by atoms with Crippen molar-refractivity contribution in [1.82, 2.24) is 15.2 Å². The van der Waals surface area contributed by atoms with Gasteiger partial charge in [-0.25, -0.2) is 0 Å². The van der Waals surface area contributed by atoms with Gasteiger partial charge in [0.2, 0.25) is 0 Å². The van der Waals surface area contributed by atoms with E-state index in [0.29, 0.717) is 0 Å². The number of fused-ring (bicyclic) bond motifs is 1. The molecule has 0 aliphatic carbocycles. The first-order chi connectivity index (χ1) is 10.3. The topological polar surface area (TPSA) is 28.2 Å². The number of nitrogens with one attached hydrogen (secondary N) is 1. The third kappa shape index (κ3) is 3.44. The predicted octanol–water partition coefficient (Wildman–Crippen LogP) is 3.43. The first-order valence-corrected chi connectivity index (χ1v) is 8.52. The summed E-state index contributed by atoms with van der Waals surface area (Å²) in [6, 6.07) is 8.39. The lowest BCUT2D eigenvalue weighted by Crippen LogP contribution is -2.26. The van der Waals surface area contributed by atoms with Gasteiger partial charge < -0.3 is 10.2 Å². The molecule has 0 amide bonds. The Labute approximate surface area is 134 Å². The van der Waals surface area contributed by atoms with Crippen LogP contribution < -0.4 is 5.32 Å². The average molecular weight is 348 g/mol. The van der Waals surface area contributed by atoms with Crippen molar-refractivity contribution >= 4 is 26.8 Å². The van der Waals surface area contributed by atoms with Crippen molar-refractivity contribution in [1.29, 1.82) is 0 Å². The van der Waals surface area contributed by atoms with Gasteiger partial charge in [0.05, 0.1) is 5.52 Å². The molecule has 1 aromatic carbocycles. The van der Waals surface area contributed by atoms with Gasteiger partial charge in [-0.2, -0.15) is 0 Å². The van der Waals surface area contributed by atoms with Crippen molar-refractivity contribution in [3.05, 3.63) is 40.5 Å². The second-order valence-electron chi connectivity index (χ2n) is 5.78. The summed E-state index contributed by atoms with van der Waals surface area (Å²) >= 11 is 3.60. The Balaban J connectivity index is 1.62.